The number of hydrogen-bond donors (Lipinski definition) is 2. The van der Waals surface area contributed by atoms with Crippen LogP contribution in [0.15, 0.2) is 11.6 Å². The number of rotatable bonds is 4. The zero-order valence-corrected chi connectivity index (χ0v) is 10.9. The van der Waals surface area contributed by atoms with Gasteiger partial charge in [0.05, 0.1) is 12.5 Å². The molecule has 4 nitrogen and oxygen atoms in total. The molecule has 1 amide bonds. The topological polar surface area (TPSA) is 50.4 Å². The first-order chi connectivity index (χ1) is 7.84. The van der Waals surface area contributed by atoms with Gasteiger partial charge < -0.3 is 15.4 Å². The minimum atomic E-state index is 0. The van der Waals surface area contributed by atoms with Crippen LogP contribution in [0.2, 0.25) is 0 Å². The van der Waals surface area contributed by atoms with E-state index < -0.39 is 0 Å². The number of halogens is 1. The van der Waals surface area contributed by atoms with Crippen molar-refractivity contribution in [1.29, 1.82) is 0 Å². The molecular formula is C12H21ClN2O2. The summed E-state index contributed by atoms with van der Waals surface area (Å²) in [6.07, 6.45) is 6.00. The predicted molar refractivity (Wildman–Crippen MR) is 69.4 cm³/mol. The molecule has 1 atom stereocenters. The monoisotopic (exact) mass is 260 g/mol. The zero-order chi connectivity index (χ0) is 11.2. The summed E-state index contributed by atoms with van der Waals surface area (Å²) in [5.41, 5.74) is 1.33. The van der Waals surface area contributed by atoms with Crippen LogP contribution in [0.4, 0.5) is 0 Å². The largest absolute Gasteiger partial charge is 0.378 e. The van der Waals surface area contributed by atoms with E-state index in [9.17, 15) is 4.79 Å². The van der Waals surface area contributed by atoms with E-state index in [-0.39, 0.29) is 24.4 Å². The van der Waals surface area contributed by atoms with Crippen molar-refractivity contribution < 1.29 is 9.53 Å². The maximum Gasteiger partial charge on any atom is 0.222 e. The molecule has 2 aliphatic heterocycles. The van der Waals surface area contributed by atoms with Crippen molar-refractivity contribution in [2.45, 2.75) is 31.8 Å². The van der Waals surface area contributed by atoms with Gasteiger partial charge in [-0.25, -0.2) is 0 Å². The van der Waals surface area contributed by atoms with E-state index in [0.29, 0.717) is 13.0 Å². The third kappa shape index (κ3) is 5.06. The van der Waals surface area contributed by atoms with Crippen LogP contribution in [-0.4, -0.2) is 38.3 Å². The van der Waals surface area contributed by atoms with Crippen molar-refractivity contribution in [1.82, 2.24) is 10.6 Å². The molecule has 0 bridgehead atoms. The lowest BCUT2D eigenvalue weighted by Gasteiger charge is -2.15. The Hall–Kier alpha value is -0.580. The molecule has 0 saturated carbocycles. The van der Waals surface area contributed by atoms with Crippen molar-refractivity contribution in [3.05, 3.63) is 11.6 Å². The number of amides is 1. The van der Waals surface area contributed by atoms with Gasteiger partial charge in [-0.1, -0.05) is 11.6 Å². The highest BCUT2D eigenvalue weighted by molar-refractivity contribution is 5.85. The van der Waals surface area contributed by atoms with Gasteiger partial charge in [0.15, 0.2) is 0 Å². The zero-order valence-electron chi connectivity index (χ0n) is 10.0. The summed E-state index contributed by atoms with van der Waals surface area (Å²) in [6, 6.07) is 0. The van der Waals surface area contributed by atoms with E-state index in [4.69, 9.17) is 4.74 Å². The van der Waals surface area contributed by atoms with Gasteiger partial charge >= 0.3 is 0 Å². The summed E-state index contributed by atoms with van der Waals surface area (Å²) in [5, 5.41) is 6.22. The van der Waals surface area contributed by atoms with Gasteiger partial charge in [-0.2, -0.15) is 0 Å². The molecule has 0 aromatic heterocycles. The molecule has 0 radical (unpaired) electrons. The van der Waals surface area contributed by atoms with E-state index >= 15 is 0 Å². The average molecular weight is 261 g/mol. The van der Waals surface area contributed by atoms with E-state index in [1.165, 1.54) is 5.57 Å². The highest BCUT2D eigenvalue weighted by atomic mass is 35.5. The van der Waals surface area contributed by atoms with Crippen LogP contribution in [0.3, 0.4) is 0 Å². The van der Waals surface area contributed by atoms with Crippen molar-refractivity contribution in [3.8, 4) is 0 Å². The Morgan fingerprint density at radius 3 is 3.12 bits per heavy atom. The van der Waals surface area contributed by atoms with Crippen molar-refractivity contribution >= 4 is 18.3 Å². The Bertz CT molecular complexity index is 276. The van der Waals surface area contributed by atoms with E-state index in [1.807, 2.05) is 0 Å². The molecule has 1 saturated heterocycles. The van der Waals surface area contributed by atoms with Crippen molar-refractivity contribution in [2.24, 2.45) is 0 Å². The molecular weight excluding hydrogens is 240 g/mol. The quantitative estimate of drug-likeness (QED) is 0.742. The third-order valence-electron chi connectivity index (χ3n) is 3.11. The number of nitrogens with one attached hydrogen (secondary N) is 2. The second-order valence-electron chi connectivity index (χ2n) is 4.43. The normalized spacial score (nSPS) is 23.8. The van der Waals surface area contributed by atoms with Crippen LogP contribution in [0, 0.1) is 0 Å². The summed E-state index contributed by atoms with van der Waals surface area (Å²) in [6.45, 7) is 3.46. The first-order valence-electron chi connectivity index (χ1n) is 6.11. The highest BCUT2D eigenvalue weighted by Crippen LogP contribution is 2.14. The summed E-state index contributed by atoms with van der Waals surface area (Å²) in [7, 11) is 0. The molecule has 1 fully saturated rings. The molecule has 17 heavy (non-hydrogen) atoms. The summed E-state index contributed by atoms with van der Waals surface area (Å²) < 4.78 is 5.43. The lowest BCUT2D eigenvalue weighted by Crippen LogP contribution is -2.31. The molecule has 2 heterocycles. The smallest absolute Gasteiger partial charge is 0.222 e. The predicted octanol–water partition coefficient (Wildman–Crippen LogP) is 1.01. The molecule has 0 aromatic rings. The Kier molecular flexibility index (Phi) is 6.55. The first kappa shape index (κ1) is 14.5. The maximum atomic E-state index is 11.6. The van der Waals surface area contributed by atoms with Gasteiger partial charge in [0.2, 0.25) is 5.91 Å². The fraction of sp³-hybridized carbons (Fsp3) is 0.750. The van der Waals surface area contributed by atoms with E-state index in [0.717, 1.165) is 39.0 Å². The van der Waals surface area contributed by atoms with E-state index in [1.54, 1.807) is 0 Å². The van der Waals surface area contributed by atoms with Crippen LogP contribution in [0.5, 0.6) is 0 Å². The van der Waals surface area contributed by atoms with E-state index in [2.05, 4.69) is 16.7 Å². The minimum absolute atomic E-state index is 0. The van der Waals surface area contributed by atoms with Crippen LogP contribution in [-0.2, 0) is 9.53 Å². The lowest BCUT2D eigenvalue weighted by atomic mass is 10.1. The van der Waals surface area contributed by atoms with Gasteiger partial charge in [0.1, 0.15) is 0 Å². The maximum absolute atomic E-state index is 11.6. The molecule has 2 rings (SSSR count). The van der Waals surface area contributed by atoms with Crippen molar-refractivity contribution in [3.63, 3.8) is 0 Å². The standard InChI is InChI=1S/C12H20N2O2.ClH/c15-12(8-11-2-1-7-16-11)14-9-10-3-5-13-6-4-10;/h3,11,13H,1-2,4-9H2,(H,14,15);1H. The Morgan fingerprint density at radius 1 is 1.59 bits per heavy atom. The third-order valence-corrected chi connectivity index (χ3v) is 3.11. The van der Waals surface area contributed by atoms with Crippen LogP contribution in [0.25, 0.3) is 0 Å². The van der Waals surface area contributed by atoms with Gasteiger partial charge in [-0.3, -0.25) is 4.79 Å². The Balaban J connectivity index is 0.00000144. The van der Waals surface area contributed by atoms with Crippen molar-refractivity contribution in [2.75, 3.05) is 26.2 Å². The fourth-order valence-corrected chi connectivity index (χ4v) is 2.13. The van der Waals surface area contributed by atoms with Gasteiger partial charge in [-0.05, 0) is 25.8 Å². The van der Waals surface area contributed by atoms with Crippen LogP contribution in [0.1, 0.15) is 25.7 Å². The number of hydrogen-bond acceptors (Lipinski definition) is 3. The second kappa shape index (κ2) is 7.69. The lowest BCUT2D eigenvalue weighted by molar-refractivity contribution is -0.123. The minimum Gasteiger partial charge on any atom is -0.378 e. The molecule has 0 aliphatic carbocycles. The first-order valence-corrected chi connectivity index (χ1v) is 6.11. The van der Waals surface area contributed by atoms with Gasteiger partial charge in [0, 0.05) is 19.7 Å². The Morgan fingerprint density at radius 2 is 2.47 bits per heavy atom. The number of ether oxygens (including phenoxy) is 1. The van der Waals surface area contributed by atoms with Crippen LogP contribution >= 0.6 is 12.4 Å². The molecule has 1 unspecified atom stereocenters. The molecule has 0 spiro atoms. The van der Waals surface area contributed by atoms with Crippen LogP contribution < -0.4 is 10.6 Å². The summed E-state index contributed by atoms with van der Waals surface area (Å²) >= 11 is 0. The fourth-order valence-electron chi connectivity index (χ4n) is 2.13. The molecule has 2 N–H and O–H groups in total. The molecule has 2 aliphatic rings. The van der Waals surface area contributed by atoms with Gasteiger partial charge in [-0.15, -0.1) is 12.4 Å². The molecule has 98 valence electrons. The summed E-state index contributed by atoms with van der Waals surface area (Å²) in [4.78, 5) is 11.6. The molecule has 5 heteroatoms. The second-order valence-corrected chi connectivity index (χ2v) is 4.43. The summed E-state index contributed by atoms with van der Waals surface area (Å²) in [5.74, 6) is 0.117. The SMILES string of the molecule is Cl.O=C(CC1CCCO1)NCC1=CCNCC1. The molecule has 0 aromatic carbocycles. The number of carbonyl (C=O) groups is 1. The average Bonchev–Trinajstić information content (AvgIpc) is 2.81. The Labute approximate surface area is 109 Å². The van der Waals surface area contributed by atoms with Gasteiger partial charge in [0.25, 0.3) is 0 Å². The highest BCUT2D eigenvalue weighted by Gasteiger charge is 2.18. The number of carbonyl (C=O) groups excluding carboxylic acids is 1.